The second-order valence-electron chi connectivity index (χ2n) is 5.69. The Balaban J connectivity index is 1.87. The minimum atomic E-state index is -0.529. The van der Waals surface area contributed by atoms with E-state index in [0.717, 1.165) is 0 Å². The van der Waals surface area contributed by atoms with Crippen molar-refractivity contribution in [2.45, 2.75) is 6.92 Å². The Morgan fingerprint density at radius 3 is 2.68 bits per heavy atom. The fraction of sp³-hybridized carbons (Fsp3) is 0.150. The summed E-state index contributed by atoms with van der Waals surface area (Å²) in [5.41, 5.74) is 0.574. The van der Waals surface area contributed by atoms with Gasteiger partial charge in [-0.2, -0.15) is 0 Å². The summed E-state index contributed by atoms with van der Waals surface area (Å²) < 4.78 is 16.1. The highest BCUT2D eigenvalue weighted by molar-refractivity contribution is 6.03. The smallest absolute Gasteiger partial charge is 0.291 e. The Morgan fingerprint density at radius 2 is 1.96 bits per heavy atom. The number of methoxy groups -OCH3 is 1. The van der Waals surface area contributed by atoms with Gasteiger partial charge >= 0.3 is 0 Å². The molecule has 1 amide bonds. The summed E-state index contributed by atoms with van der Waals surface area (Å²) in [6, 6.07) is 14.4. The van der Waals surface area contributed by atoms with Crippen LogP contribution in [-0.2, 0) is 0 Å². The van der Waals surface area contributed by atoms with E-state index in [2.05, 4.69) is 5.32 Å². The third kappa shape index (κ3) is 3.96. The van der Waals surface area contributed by atoms with E-state index < -0.39 is 10.8 Å². The number of carbonyl (C=O) groups is 1. The van der Waals surface area contributed by atoms with Crippen LogP contribution in [0.4, 0.5) is 11.4 Å². The second kappa shape index (κ2) is 8.26. The van der Waals surface area contributed by atoms with E-state index in [-0.39, 0.29) is 22.8 Å². The molecule has 0 bridgehead atoms. The van der Waals surface area contributed by atoms with Gasteiger partial charge in [0, 0.05) is 0 Å². The van der Waals surface area contributed by atoms with Gasteiger partial charge in [0.1, 0.15) is 17.3 Å². The maximum Gasteiger partial charge on any atom is 0.291 e. The van der Waals surface area contributed by atoms with Crippen molar-refractivity contribution in [1.82, 2.24) is 0 Å². The van der Waals surface area contributed by atoms with Gasteiger partial charge in [0.05, 0.1) is 36.0 Å². The largest absolute Gasteiger partial charge is 0.497 e. The highest BCUT2D eigenvalue weighted by Gasteiger charge is 2.21. The van der Waals surface area contributed by atoms with Gasteiger partial charge in [0.15, 0.2) is 5.76 Å². The summed E-state index contributed by atoms with van der Waals surface area (Å²) in [4.78, 5) is 23.4. The fourth-order valence-corrected chi connectivity index (χ4v) is 2.64. The number of hydrogen-bond donors (Lipinski definition) is 1. The minimum Gasteiger partial charge on any atom is -0.497 e. The number of nitro groups is 1. The number of nitrogens with one attached hydrogen (secondary N) is 1. The predicted molar refractivity (Wildman–Crippen MR) is 103 cm³/mol. The van der Waals surface area contributed by atoms with Crippen molar-refractivity contribution in [3.05, 3.63) is 70.5 Å². The summed E-state index contributed by atoms with van der Waals surface area (Å²) >= 11 is 0. The molecular weight excluding hydrogens is 364 g/mol. The molecule has 0 atom stereocenters. The first-order valence-electron chi connectivity index (χ1n) is 8.49. The molecular formula is C20H18N2O6. The van der Waals surface area contributed by atoms with Gasteiger partial charge in [0.2, 0.25) is 0 Å². The van der Waals surface area contributed by atoms with Crippen LogP contribution in [0.2, 0.25) is 0 Å². The van der Waals surface area contributed by atoms with E-state index in [9.17, 15) is 14.9 Å². The average Bonchev–Trinajstić information content (AvgIpc) is 3.19. The number of carbonyl (C=O) groups excluding carboxylic acids is 1. The number of hydrogen-bond acceptors (Lipinski definition) is 6. The van der Waals surface area contributed by atoms with Crippen LogP contribution in [0.25, 0.3) is 11.3 Å². The molecule has 0 aliphatic heterocycles. The van der Waals surface area contributed by atoms with Crippen LogP contribution in [0.5, 0.6) is 11.5 Å². The summed E-state index contributed by atoms with van der Waals surface area (Å²) in [7, 11) is 1.42. The number of para-hydroxylation sites is 2. The van der Waals surface area contributed by atoms with Crippen molar-refractivity contribution in [2.24, 2.45) is 0 Å². The monoisotopic (exact) mass is 382 g/mol. The first-order valence-corrected chi connectivity index (χ1v) is 8.49. The zero-order valence-electron chi connectivity index (χ0n) is 15.3. The molecule has 1 heterocycles. The highest BCUT2D eigenvalue weighted by Crippen LogP contribution is 2.34. The molecule has 8 heteroatoms. The number of furan rings is 1. The molecule has 1 aromatic heterocycles. The zero-order chi connectivity index (χ0) is 20.1. The lowest BCUT2D eigenvalue weighted by molar-refractivity contribution is -0.384. The van der Waals surface area contributed by atoms with Crippen molar-refractivity contribution < 1.29 is 23.6 Å². The van der Waals surface area contributed by atoms with Gasteiger partial charge in [-0.1, -0.05) is 12.1 Å². The van der Waals surface area contributed by atoms with Crippen LogP contribution in [0.3, 0.4) is 0 Å². The van der Waals surface area contributed by atoms with E-state index in [0.29, 0.717) is 23.8 Å². The maximum absolute atomic E-state index is 12.5. The van der Waals surface area contributed by atoms with Crippen LogP contribution in [0.15, 0.2) is 59.0 Å². The fourth-order valence-electron chi connectivity index (χ4n) is 2.64. The van der Waals surface area contributed by atoms with Crippen molar-refractivity contribution in [3.8, 4) is 22.8 Å². The normalized spacial score (nSPS) is 10.4. The Hall–Kier alpha value is -3.81. The van der Waals surface area contributed by atoms with Gasteiger partial charge < -0.3 is 19.2 Å². The van der Waals surface area contributed by atoms with E-state index in [4.69, 9.17) is 13.9 Å². The van der Waals surface area contributed by atoms with Crippen molar-refractivity contribution in [2.75, 3.05) is 19.0 Å². The molecule has 8 nitrogen and oxygen atoms in total. The van der Waals surface area contributed by atoms with Crippen LogP contribution in [0.1, 0.15) is 17.5 Å². The molecule has 144 valence electrons. The molecule has 0 unspecified atom stereocenters. The highest BCUT2D eigenvalue weighted by atomic mass is 16.6. The number of amides is 1. The zero-order valence-corrected chi connectivity index (χ0v) is 15.3. The molecule has 0 radical (unpaired) electrons. The third-order valence-corrected chi connectivity index (χ3v) is 3.93. The quantitative estimate of drug-likeness (QED) is 0.476. The number of benzene rings is 2. The van der Waals surface area contributed by atoms with Crippen LogP contribution < -0.4 is 14.8 Å². The molecule has 0 aliphatic carbocycles. The van der Waals surface area contributed by atoms with E-state index in [1.54, 1.807) is 30.3 Å². The predicted octanol–water partition coefficient (Wildman–Crippen LogP) is 4.51. The Kier molecular flexibility index (Phi) is 5.59. The molecule has 0 spiro atoms. The maximum atomic E-state index is 12.5. The molecule has 3 rings (SSSR count). The summed E-state index contributed by atoms with van der Waals surface area (Å²) in [6.07, 6.45) is 0. The molecule has 0 saturated carbocycles. The minimum absolute atomic E-state index is 0.0198. The van der Waals surface area contributed by atoms with E-state index in [1.165, 1.54) is 31.4 Å². The third-order valence-electron chi connectivity index (χ3n) is 3.93. The van der Waals surface area contributed by atoms with Gasteiger partial charge in [-0.15, -0.1) is 0 Å². The van der Waals surface area contributed by atoms with Gasteiger partial charge in [0.25, 0.3) is 11.6 Å². The van der Waals surface area contributed by atoms with E-state index in [1.807, 2.05) is 6.92 Å². The SMILES string of the molecule is CCOc1ccccc1NC(=O)c1ccc(-c2ccc(OC)cc2[N+](=O)[O-])o1. The van der Waals surface area contributed by atoms with Gasteiger partial charge in [-0.3, -0.25) is 14.9 Å². The average molecular weight is 382 g/mol. The number of anilines is 1. The van der Waals surface area contributed by atoms with Crippen LogP contribution in [0, 0.1) is 10.1 Å². The van der Waals surface area contributed by atoms with E-state index >= 15 is 0 Å². The van der Waals surface area contributed by atoms with Crippen LogP contribution in [-0.4, -0.2) is 24.5 Å². The molecule has 0 fully saturated rings. The molecule has 2 aromatic carbocycles. The summed E-state index contributed by atoms with van der Waals surface area (Å²) in [5, 5.41) is 14.1. The van der Waals surface area contributed by atoms with Gasteiger partial charge in [-0.25, -0.2) is 0 Å². The number of rotatable bonds is 7. The Labute approximate surface area is 160 Å². The second-order valence-corrected chi connectivity index (χ2v) is 5.69. The first-order chi connectivity index (χ1) is 13.5. The van der Waals surface area contributed by atoms with Gasteiger partial charge in [-0.05, 0) is 43.3 Å². The van der Waals surface area contributed by atoms with Crippen molar-refractivity contribution >= 4 is 17.3 Å². The molecule has 0 aliphatic rings. The number of nitro benzene ring substituents is 1. The lowest BCUT2D eigenvalue weighted by atomic mass is 10.1. The first kappa shape index (κ1) is 19.0. The van der Waals surface area contributed by atoms with Crippen LogP contribution >= 0.6 is 0 Å². The number of nitrogens with zero attached hydrogens (tertiary/aromatic N) is 1. The molecule has 0 saturated heterocycles. The number of ether oxygens (including phenoxy) is 2. The standard InChI is InChI=1S/C20H18N2O6/c1-3-27-18-7-5-4-6-15(18)21-20(23)19-11-10-17(28-19)14-9-8-13(26-2)12-16(14)22(24)25/h4-12H,3H2,1-2H3,(H,21,23). The van der Waals surface area contributed by atoms with Crippen molar-refractivity contribution in [3.63, 3.8) is 0 Å². The Morgan fingerprint density at radius 1 is 1.18 bits per heavy atom. The molecule has 1 N–H and O–H groups in total. The van der Waals surface area contributed by atoms with Crippen molar-refractivity contribution in [1.29, 1.82) is 0 Å². The Bertz CT molecular complexity index is 1010. The molecule has 3 aromatic rings. The lowest BCUT2D eigenvalue weighted by Gasteiger charge is -2.10. The summed E-state index contributed by atoms with van der Waals surface area (Å²) in [5.74, 6) is 0.627. The topological polar surface area (TPSA) is 104 Å². The summed E-state index contributed by atoms with van der Waals surface area (Å²) in [6.45, 7) is 2.30. The lowest BCUT2D eigenvalue weighted by Crippen LogP contribution is -2.12. The molecule has 28 heavy (non-hydrogen) atoms.